The van der Waals surface area contributed by atoms with E-state index in [4.69, 9.17) is 15.2 Å². The van der Waals surface area contributed by atoms with Gasteiger partial charge in [-0.25, -0.2) is 16.8 Å². The van der Waals surface area contributed by atoms with Crippen molar-refractivity contribution in [3.05, 3.63) is 151 Å². The Hall–Kier alpha value is -5.22. The molecule has 0 heterocycles. The molecule has 0 amide bonds. The topological polar surface area (TPSA) is 113 Å². The van der Waals surface area contributed by atoms with Crippen LogP contribution in [0.4, 0.5) is 0 Å². The summed E-state index contributed by atoms with van der Waals surface area (Å²) in [4.78, 5) is 0.543. The minimum atomic E-state index is -3.80. The van der Waals surface area contributed by atoms with Crippen molar-refractivity contribution in [1.82, 2.24) is 0 Å². The summed E-state index contributed by atoms with van der Waals surface area (Å²) >= 11 is 0. The zero-order valence-electron chi connectivity index (χ0n) is 29.7. The first-order valence-corrected chi connectivity index (χ1v) is 19.7. The Kier molecular flexibility index (Phi) is 9.89. The normalized spacial score (nSPS) is 12.3. The van der Waals surface area contributed by atoms with Crippen LogP contribution in [0.5, 0.6) is 17.2 Å². The van der Waals surface area contributed by atoms with Crippen LogP contribution in [-0.4, -0.2) is 22.6 Å². The Balaban J connectivity index is 1.10. The van der Waals surface area contributed by atoms with Crippen LogP contribution in [0.2, 0.25) is 0 Å². The van der Waals surface area contributed by atoms with Gasteiger partial charge in [0.05, 0.1) is 19.6 Å². The maximum Gasteiger partial charge on any atom is 0.206 e. The third-order valence-corrected chi connectivity index (χ3v) is 12.1. The van der Waals surface area contributed by atoms with E-state index in [0.29, 0.717) is 17.2 Å². The molecule has 266 valence electrons. The second-order valence-corrected chi connectivity index (χ2v) is 18.1. The highest BCUT2D eigenvalue weighted by atomic mass is 32.2. The molecule has 6 aromatic rings. The average Bonchev–Trinajstić information content (AvgIpc) is 3.11. The van der Waals surface area contributed by atoms with E-state index in [0.717, 1.165) is 22.3 Å². The van der Waals surface area contributed by atoms with E-state index in [1.54, 1.807) is 74.5 Å². The third kappa shape index (κ3) is 8.29. The molecule has 0 aliphatic rings. The van der Waals surface area contributed by atoms with Crippen molar-refractivity contribution in [2.75, 3.05) is 0 Å². The molecule has 6 rings (SSSR count). The van der Waals surface area contributed by atoms with E-state index in [-0.39, 0.29) is 25.0 Å². The molecule has 0 saturated heterocycles. The molecule has 0 radical (unpaired) electrons. The van der Waals surface area contributed by atoms with Gasteiger partial charge in [0, 0.05) is 0 Å². The molecule has 0 aromatic heterocycles. The first kappa shape index (κ1) is 36.6. The highest BCUT2D eigenvalue weighted by Gasteiger charge is 2.21. The predicted octanol–water partition coefficient (Wildman–Crippen LogP) is 9.85. The Bertz CT molecular complexity index is 2370. The molecule has 9 heteroatoms. The number of ether oxygens (including phenoxy) is 2. The number of hydrogen-bond donors (Lipinski definition) is 1. The first-order valence-electron chi connectivity index (χ1n) is 16.8. The summed E-state index contributed by atoms with van der Waals surface area (Å²) in [7, 11) is -7.57. The fourth-order valence-corrected chi connectivity index (χ4v) is 8.14. The van der Waals surface area contributed by atoms with Crippen molar-refractivity contribution < 1.29 is 26.3 Å². The van der Waals surface area contributed by atoms with Crippen molar-refractivity contribution in [3.63, 3.8) is 0 Å². The maximum absolute atomic E-state index is 13.5. The molecule has 2 N–H and O–H groups in total. The molecule has 7 nitrogen and oxygen atoms in total. The van der Waals surface area contributed by atoms with Gasteiger partial charge in [0.1, 0.15) is 17.2 Å². The van der Waals surface area contributed by atoms with Gasteiger partial charge in [-0.3, -0.25) is 5.73 Å². The minimum Gasteiger partial charge on any atom is -0.474 e. The Morgan fingerprint density at radius 2 is 0.673 bits per heavy atom. The second-order valence-electron chi connectivity index (χ2n) is 14.2. The zero-order valence-corrected chi connectivity index (χ0v) is 31.3. The number of hydrogen-bond acceptors (Lipinski definition) is 7. The molecule has 0 atom stereocenters. The molecule has 0 saturated carbocycles. The van der Waals surface area contributed by atoms with Crippen LogP contribution in [0.3, 0.4) is 0 Å². The molecule has 0 bridgehead atoms. The molecule has 0 spiro atoms. The Morgan fingerprint density at radius 3 is 1.00 bits per heavy atom. The Labute approximate surface area is 306 Å². The van der Waals surface area contributed by atoms with Gasteiger partial charge in [-0.2, -0.15) is 0 Å². The largest absolute Gasteiger partial charge is 0.474 e. The zero-order chi connectivity index (χ0) is 37.3. The molecule has 0 aliphatic carbocycles. The molecule has 52 heavy (non-hydrogen) atoms. The number of rotatable bonds is 10. The van der Waals surface area contributed by atoms with Gasteiger partial charge in [-0.15, -0.1) is 0 Å². The van der Waals surface area contributed by atoms with Crippen LogP contribution < -0.4 is 15.2 Å². The second kappa shape index (κ2) is 14.1. The van der Waals surface area contributed by atoms with E-state index in [9.17, 15) is 16.8 Å². The summed E-state index contributed by atoms with van der Waals surface area (Å²) in [5.41, 5.74) is 10.0. The summed E-state index contributed by atoms with van der Waals surface area (Å²) in [6.45, 7) is 9.99. The number of nitrogens with two attached hydrogens (primary N) is 1. The average molecular weight is 732 g/mol. The molecule has 6 aromatic carbocycles. The summed E-state index contributed by atoms with van der Waals surface area (Å²) in [5.74, 6) is 1.63. The monoisotopic (exact) mass is 731 g/mol. The van der Waals surface area contributed by atoms with Crippen molar-refractivity contribution >= 4 is 19.7 Å². The summed E-state index contributed by atoms with van der Waals surface area (Å²) in [5, 5.41) is 0. The minimum absolute atomic E-state index is 0.0934. The van der Waals surface area contributed by atoms with Crippen LogP contribution in [0.15, 0.2) is 165 Å². The van der Waals surface area contributed by atoms with Crippen molar-refractivity contribution in [2.45, 2.75) is 65.3 Å². The Morgan fingerprint density at radius 1 is 0.404 bits per heavy atom. The van der Waals surface area contributed by atoms with Gasteiger partial charge < -0.3 is 9.47 Å². The van der Waals surface area contributed by atoms with Gasteiger partial charge in [0.25, 0.3) is 0 Å². The quantitative estimate of drug-likeness (QED) is 0.140. The molecule has 0 fully saturated rings. The highest BCUT2D eigenvalue weighted by molar-refractivity contribution is 7.91. The lowest BCUT2D eigenvalue weighted by Gasteiger charge is -2.21. The van der Waals surface area contributed by atoms with Crippen molar-refractivity contribution in [3.8, 4) is 39.5 Å². The number of sulfone groups is 2. The summed E-state index contributed by atoms with van der Waals surface area (Å²) in [6, 6.07) is 41.7. The summed E-state index contributed by atoms with van der Waals surface area (Å²) < 4.78 is 65.0. The highest BCUT2D eigenvalue weighted by Crippen LogP contribution is 2.32. The van der Waals surface area contributed by atoms with Crippen LogP contribution in [-0.2, 0) is 25.1 Å². The number of benzene rings is 6. The van der Waals surface area contributed by atoms with E-state index >= 15 is 0 Å². The van der Waals surface area contributed by atoms with Crippen LogP contribution in [0.1, 0.15) is 40.2 Å². The lowest BCUT2D eigenvalue weighted by molar-refractivity contribution is 0.117. The fraction of sp³-hybridized carbons (Fsp3) is 0.163. The molecule has 0 aliphatic heterocycles. The fourth-order valence-electron chi connectivity index (χ4n) is 5.62. The van der Waals surface area contributed by atoms with E-state index in [1.165, 1.54) is 42.0 Å². The van der Waals surface area contributed by atoms with Crippen LogP contribution in [0, 0.1) is 0 Å². The molecular weight excluding hydrogens is 691 g/mol. The van der Waals surface area contributed by atoms with E-state index in [1.807, 2.05) is 24.3 Å². The van der Waals surface area contributed by atoms with Crippen molar-refractivity contribution in [2.24, 2.45) is 5.73 Å². The maximum atomic E-state index is 13.5. The predicted molar refractivity (Wildman–Crippen MR) is 205 cm³/mol. The SMILES string of the molecule is CC(C)(N)Oc1ccc(S(=O)(=O)c2ccc(-c3ccc(S(=O)(=O)c4ccc(Oc5ccc(-c6ccc(C(C)(C)C)cc6)cc5)cc4)cc3)cc2)cc1. The standard InChI is InChI=1S/C43H41NO6S2/c1-42(2,3)34-14-6-30(7-15-34)31-8-16-35(17-9-31)49-36-18-26-40(27-19-36)51(45,46)38-22-10-32(11-23-38)33-12-24-39(25-13-33)52(47,48)41-28-20-37(21-29-41)50-43(4,5)44/h6-29H,44H2,1-5H3. The first-order chi connectivity index (χ1) is 24.5. The lowest BCUT2D eigenvalue weighted by atomic mass is 9.86. The van der Waals surface area contributed by atoms with Gasteiger partial charge >= 0.3 is 0 Å². The van der Waals surface area contributed by atoms with E-state index < -0.39 is 25.4 Å². The van der Waals surface area contributed by atoms with Gasteiger partial charge in [0.2, 0.25) is 19.7 Å². The van der Waals surface area contributed by atoms with Gasteiger partial charge in [-0.05, 0) is 132 Å². The smallest absolute Gasteiger partial charge is 0.206 e. The van der Waals surface area contributed by atoms with Crippen LogP contribution in [0.25, 0.3) is 22.3 Å². The van der Waals surface area contributed by atoms with Gasteiger partial charge in [-0.1, -0.05) is 81.4 Å². The molecular formula is C43H41NO6S2. The van der Waals surface area contributed by atoms with E-state index in [2.05, 4.69) is 45.0 Å². The third-order valence-electron chi connectivity index (χ3n) is 8.49. The van der Waals surface area contributed by atoms with Crippen LogP contribution >= 0.6 is 0 Å². The van der Waals surface area contributed by atoms with Gasteiger partial charge in [0.15, 0.2) is 5.72 Å². The van der Waals surface area contributed by atoms with Crippen molar-refractivity contribution in [1.29, 1.82) is 0 Å². The molecule has 0 unspecified atom stereocenters. The summed E-state index contributed by atoms with van der Waals surface area (Å²) in [6.07, 6.45) is 0. The lowest BCUT2D eigenvalue weighted by Crippen LogP contribution is -2.38.